The number of nitrogens with one attached hydrogen (secondary N) is 1. The third-order valence-electron chi connectivity index (χ3n) is 3.94. The van der Waals surface area contributed by atoms with E-state index in [1.165, 1.54) is 64.2 Å². The first kappa shape index (κ1) is 12.7. The zero-order valence-electron chi connectivity index (χ0n) is 11.2. The Morgan fingerprint density at radius 2 is 1.35 bits per heavy atom. The van der Waals surface area contributed by atoms with E-state index in [1.54, 1.807) is 0 Å². The molecule has 3 heteroatoms. The maximum Gasteiger partial charge on any atom is 0.0466 e. The summed E-state index contributed by atoms with van der Waals surface area (Å²) in [4.78, 5) is 0. The van der Waals surface area contributed by atoms with Gasteiger partial charge in [-0.05, 0) is 12.8 Å². The molecule has 0 aromatic heterocycles. The Kier molecular flexibility index (Phi) is 5.17. The van der Waals surface area contributed by atoms with Crippen molar-refractivity contribution in [2.45, 2.75) is 70.3 Å². The van der Waals surface area contributed by atoms with Crippen molar-refractivity contribution >= 4 is 0 Å². The van der Waals surface area contributed by atoms with Crippen molar-refractivity contribution < 1.29 is 0 Å². The van der Waals surface area contributed by atoms with Gasteiger partial charge in [0.1, 0.15) is 0 Å². The number of hydrogen-bond donors (Lipinski definition) is 1. The largest absolute Gasteiger partial charge is 0.300 e. The molecule has 1 aliphatic carbocycles. The van der Waals surface area contributed by atoms with Crippen LogP contribution >= 0.6 is 0 Å². The predicted octanol–water partition coefficient (Wildman–Crippen LogP) is 3.41. The summed E-state index contributed by atoms with van der Waals surface area (Å²) in [6.45, 7) is 0. The molecule has 0 unspecified atom stereocenters. The van der Waals surface area contributed by atoms with Gasteiger partial charge in [0, 0.05) is 25.5 Å². The molecule has 2 aliphatic rings. The second-order valence-corrected chi connectivity index (χ2v) is 5.48. The third kappa shape index (κ3) is 4.23. The van der Waals surface area contributed by atoms with Gasteiger partial charge in [0.2, 0.25) is 0 Å². The fourth-order valence-corrected chi connectivity index (χ4v) is 2.87. The zero-order valence-corrected chi connectivity index (χ0v) is 11.2. The van der Waals surface area contributed by atoms with Gasteiger partial charge in [-0.1, -0.05) is 51.4 Å². The summed E-state index contributed by atoms with van der Waals surface area (Å²) >= 11 is 0. The fourth-order valence-electron chi connectivity index (χ4n) is 2.87. The number of rotatable bonds is 1. The molecule has 0 aromatic rings. The van der Waals surface area contributed by atoms with Crippen molar-refractivity contribution in [2.75, 3.05) is 7.05 Å². The van der Waals surface area contributed by atoms with E-state index in [9.17, 15) is 0 Å². The van der Waals surface area contributed by atoms with Crippen LogP contribution in [0.4, 0.5) is 0 Å². The normalized spacial score (nSPS) is 25.0. The van der Waals surface area contributed by atoms with Gasteiger partial charge in [-0.2, -0.15) is 0 Å². The van der Waals surface area contributed by atoms with E-state index in [0.717, 1.165) is 0 Å². The molecule has 0 aromatic carbocycles. The van der Waals surface area contributed by atoms with E-state index in [4.69, 9.17) is 0 Å². The van der Waals surface area contributed by atoms with Crippen LogP contribution in [-0.2, 0) is 0 Å². The van der Waals surface area contributed by atoms with Crippen LogP contribution in [-0.4, -0.2) is 23.1 Å². The first-order chi connectivity index (χ1) is 8.36. The number of hydrogen-bond acceptors (Lipinski definition) is 3. The second-order valence-electron chi connectivity index (χ2n) is 5.48. The van der Waals surface area contributed by atoms with E-state index < -0.39 is 0 Å². The van der Waals surface area contributed by atoms with E-state index in [-0.39, 0.29) is 0 Å². The summed E-state index contributed by atoms with van der Waals surface area (Å²) in [7, 11) is 2.06. The summed E-state index contributed by atoms with van der Waals surface area (Å²) in [6, 6.07) is 0.689. The molecule has 1 aliphatic heterocycles. The SMILES string of the molecule is CN1C=CN(C2CCCCCCCCCC2)N1. The Labute approximate surface area is 106 Å². The molecular formula is C14H27N3. The lowest BCUT2D eigenvalue weighted by atomic mass is 10.0. The van der Waals surface area contributed by atoms with Crippen molar-refractivity contribution in [1.29, 1.82) is 0 Å². The summed E-state index contributed by atoms with van der Waals surface area (Å²) < 4.78 is 0. The summed E-state index contributed by atoms with van der Waals surface area (Å²) in [5, 5.41) is 4.34. The fraction of sp³-hybridized carbons (Fsp3) is 0.857. The van der Waals surface area contributed by atoms with Crippen LogP contribution in [0.25, 0.3) is 0 Å². The van der Waals surface area contributed by atoms with Crippen LogP contribution in [0, 0.1) is 0 Å². The van der Waals surface area contributed by atoms with Crippen LogP contribution in [0.15, 0.2) is 12.4 Å². The average molecular weight is 237 g/mol. The van der Waals surface area contributed by atoms with E-state index in [0.29, 0.717) is 6.04 Å². The number of nitrogens with zero attached hydrogens (tertiary/aromatic N) is 2. The minimum absolute atomic E-state index is 0.689. The standard InChI is InChI=1S/C14H27N3/c1-16-12-13-17(15-16)14-10-8-6-4-2-3-5-7-9-11-14/h12-15H,2-11H2,1H3. The Hall–Kier alpha value is -0.700. The lowest BCUT2D eigenvalue weighted by Crippen LogP contribution is -2.43. The van der Waals surface area contributed by atoms with Gasteiger partial charge < -0.3 is 0 Å². The monoisotopic (exact) mass is 237 g/mol. The smallest absolute Gasteiger partial charge is 0.0466 e. The van der Waals surface area contributed by atoms with Crippen molar-refractivity contribution in [3.05, 3.63) is 12.4 Å². The molecule has 98 valence electrons. The average Bonchev–Trinajstić information content (AvgIpc) is 2.72. The molecule has 0 spiro atoms. The summed E-state index contributed by atoms with van der Waals surface area (Å²) in [6.07, 6.45) is 18.4. The molecule has 1 fully saturated rings. The maximum atomic E-state index is 3.38. The molecule has 1 heterocycles. The molecular weight excluding hydrogens is 210 g/mol. The van der Waals surface area contributed by atoms with Gasteiger partial charge in [-0.15, -0.1) is 5.53 Å². The molecule has 0 atom stereocenters. The molecule has 0 amide bonds. The van der Waals surface area contributed by atoms with Crippen molar-refractivity contribution in [3.8, 4) is 0 Å². The highest BCUT2D eigenvalue weighted by atomic mass is 15.8. The van der Waals surface area contributed by atoms with E-state index >= 15 is 0 Å². The summed E-state index contributed by atoms with van der Waals surface area (Å²) in [5.74, 6) is 0. The molecule has 1 saturated carbocycles. The summed E-state index contributed by atoms with van der Waals surface area (Å²) in [5.41, 5.74) is 3.38. The highest BCUT2D eigenvalue weighted by Crippen LogP contribution is 2.21. The Morgan fingerprint density at radius 3 is 1.82 bits per heavy atom. The molecule has 0 bridgehead atoms. The molecule has 2 rings (SSSR count). The lowest BCUT2D eigenvalue weighted by molar-refractivity contribution is 0.103. The van der Waals surface area contributed by atoms with Crippen molar-refractivity contribution in [2.24, 2.45) is 0 Å². The number of hydrazine groups is 2. The van der Waals surface area contributed by atoms with Gasteiger partial charge >= 0.3 is 0 Å². The zero-order chi connectivity index (χ0) is 11.9. The van der Waals surface area contributed by atoms with Crippen LogP contribution < -0.4 is 5.53 Å². The van der Waals surface area contributed by atoms with Crippen LogP contribution in [0.3, 0.4) is 0 Å². The van der Waals surface area contributed by atoms with Gasteiger partial charge in [-0.3, -0.25) is 10.0 Å². The Bertz CT molecular complexity index is 228. The minimum Gasteiger partial charge on any atom is -0.300 e. The molecule has 17 heavy (non-hydrogen) atoms. The van der Waals surface area contributed by atoms with Crippen LogP contribution in [0.2, 0.25) is 0 Å². The van der Waals surface area contributed by atoms with Gasteiger partial charge in [0.15, 0.2) is 0 Å². The quantitative estimate of drug-likeness (QED) is 0.754. The van der Waals surface area contributed by atoms with Crippen molar-refractivity contribution in [3.63, 3.8) is 0 Å². The van der Waals surface area contributed by atoms with Crippen LogP contribution in [0.1, 0.15) is 64.2 Å². The maximum absolute atomic E-state index is 3.38. The topological polar surface area (TPSA) is 18.5 Å². The van der Waals surface area contributed by atoms with E-state index in [1.807, 2.05) is 5.01 Å². The first-order valence-corrected chi connectivity index (χ1v) is 7.32. The van der Waals surface area contributed by atoms with Gasteiger partial charge in [-0.25, -0.2) is 0 Å². The molecule has 0 saturated heterocycles. The Balaban J connectivity index is 1.82. The Morgan fingerprint density at radius 1 is 0.824 bits per heavy atom. The van der Waals surface area contributed by atoms with Gasteiger partial charge in [0.25, 0.3) is 0 Å². The molecule has 0 radical (unpaired) electrons. The van der Waals surface area contributed by atoms with Gasteiger partial charge in [0.05, 0.1) is 0 Å². The minimum atomic E-state index is 0.689. The highest BCUT2D eigenvalue weighted by molar-refractivity contribution is 4.88. The predicted molar refractivity (Wildman–Crippen MR) is 71.8 cm³/mol. The second kappa shape index (κ2) is 6.90. The third-order valence-corrected chi connectivity index (χ3v) is 3.94. The van der Waals surface area contributed by atoms with Crippen LogP contribution in [0.5, 0.6) is 0 Å². The van der Waals surface area contributed by atoms with E-state index in [2.05, 4.69) is 30.0 Å². The highest BCUT2D eigenvalue weighted by Gasteiger charge is 2.19. The molecule has 3 nitrogen and oxygen atoms in total. The van der Waals surface area contributed by atoms with Crippen molar-refractivity contribution in [1.82, 2.24) is 15.6 Å². The first-order valence-electron chi connectivity index (χ1n) is 7.32. The molecule has 1 N–H and O–H groups in total. The lowest BCUT2D eigenvalue weighted by Gasteiger charge is -2.29.